The number of carbonyl (C=O) groups excluding carboxylic acids is 1. The molecule has 0 spiro atoms. The molecule has 3 rings (SSSR count). The van der Waals surface area contributed by atoms with Crippen molar-refractivity contribution in [3.63, 3.8) is 0 Å². The lowest BCUT2D eigenvalue weighted by atomic mass is 10.2. The lowest BCUT2D eigenvalue weighted by Crippen LogP contribution is -2.40. The number of thioether (sulfide) groups is 1. The van der Waals surface area contributed by atoms with Gasteiger partial charge in [-0.2, -0.15) is 0 Å². The van der Waals surface area contributed by atoms with Gasteiger partial charge in [-0.05, 0) is 44.5 Å². The zero-order valence-corrected chi connectivity index (χ0v) is 12.9. The van der Waals surface area contributed by atoms with Crippen LogP contribution in [0.25, 0.3) is 0 Å². The molecule has 4 heteroatoms. The van der Waals surface area contributed by atoms with Gasteiger partial charge in [-0.1, -0.05) is 19.1 Å². The molecule has 2 aliphatic heterocycles. The number of para-hydroxylation sites is 1. The van der Waals surface area contributed by atoms with Crippen molar-refractivity contribution in [2.24, 2.45) is 0 Å². The molecule has 1 aromatic carbocycles. The fourth-order valence-electron chi connectivity index (χ4n) is 2.96. The van der Waals surface area contributed by atoms with Gasteiger partial charge in [0, 0.05) is 16.7 Å². The van der Waals surface area contributed by atoms with Crippen LogP contribution in [-0.2, 0) is 4.79 Å². The van der Waals surface area contributed by atoms with Gasteiger partial charge < -0.3 is 4.90 Å². The molecule has 0 aliphatic carbocycles. The van der Waals surface area contributed by atoms with Crippen molar-refractivity contribution in [2.45, 2.75) is 36.3 Å². The minimum atomic E-state index is 0.258. The molecule has 1 aromatic rings. The molecule has 1 fully saturated rings. The van der Waals surface area contributed by atoms with E-state index in [0.29, 0.717) is 11.8 Å². The smallest absolute Gasteiger partial charge is 0.241 e. The molecule has 108 valence electrons. The van der Waals surface area contributed by atoms with Crippen molar-refractivity contribution >= 4 is 23.4 Å². The van der Waals surface area contributed by atoms with Crippen molar-refractivity contribution < 1.29 is 4.79 Å². The van der Waals surface area contributed by atoms with Gasteiger partial charge in [0.2, 0.25) is 5.91 Å². The van der Waals surface area contributed by atoms with E-state index in [-0.39, 0.29) is 5.91 Å². The van der Waals surface area contributed by atoms with Gasteiger partial charge in [0.1, 0.15) is 0 Å². The first-order valence-electron chi connectivity index (χ1n) is 7.52. The Hall–Kier alpha value is -1.00. The third-order valence-corrected chi connectivity index (χ3v) is 5.34. The van der Waals surface area contributed by atoms with E-state index in [4.69, 9.17) is 0 Å². The molecule has 20 heavy (non-hydrogen) atoms. The number of fused-ring (bicyclic) bond motifs is 1. The van der Waals surface area contributed by atoms with Gasteiger partial charge >= 0.3 is 0 Å². The first-order chi connectivity index (χ1) is 9.74. The number of hydrogen-bond acceptors (Lipinski definition) is 3. The topological polar surface area (TPSA) is 23.6 Å². The maximum absolute atomic E-state index is 12.7. The van der Waals surface area contributed by atoms with E-state index >= 15 is 0 Å². The van der Waals surface area contributed by atoms with Crippen molar-refractivity contribution in [3.05, 3.63) is 24.3 Å². The maximum Gasteiger partial charge on any atom is 0.241 e. The molecule has 3 nitrogen and oxygen atoms in total. The highest BCUT2D eigenvalue weighted by Gasteiger charge is 2.25. The number of carbonyl (C=O) groups is 1. The van der Waals surface area contributed by atoms with Gasteiger partial charge in [-0.15, -0.1) is 11.8 Å². The summed E-state index contributed by atoms with van der Waals surface area (Å²) in [5.74, 6) is 0.258. The summed E-state index contributed by atoms with van der Waals surface area (Å²) in [4.78, 5) is 18.2. The van der Waals surface area contributed by atoms with E-state index in [1.165, 1.54) is 17.7 Å². The normalized spacial score (nSPS) is 23.4. The lowest BCUT2D eigenvalue weighted by Gasteiger charge is -2.25. The molecular weight excluding hydrogens is 268 g/mol. The van der Waals surface area contributed by atoms with Crippen LogP contribution in [0.2, 0.25) is 0 Å². The second-order valence-electron chi connectivity index (χ2n) is 5.71. The number of hydrogen-bond donors (Lipinski definition) is 0. The van der Waals surface area contributed by atoms with Gasteiger partial charge in [0.15, 0.2) is 0 Å². The molecule has 0 saturated carbocycles. The van der Waals surface area contributed by atoms with Crippen LogP contribution in [0.3, 0.4) is 0 Å². The summed E-state index contributed by atoms with van der Waals surface area (Å²) in [6.45, 7) is 5.82. The summed E-state index contributed by atoms with van der Waals surface area (Å²) >= 11 is 1.89. The molecule has 2 heterocycles. The number of anilines is 1. The molecule has 0 radical (unpaired) electrons. The van der Waals surface area contributed by atoms with E-state index in [9.17, 15) is 4.79 Å². The Labute approximate surface area is 125 Å². The van der Waals surface area contributed by atoms with Crippen molar-refractivity contribution in [1.82, 2.24) is 4.90 Å². The summed E-state index contributed by atoms with van der Waals surface area (Å²) in [6.07, 6.45) is 3.53. The Morgan fingerprint density at radius 1 is 1.25 bits per heavy atom. The SMILES string of the molecule is C[C@@H]1CCN(C(=O)CN2CCCC2)c2ccccc2S1. The van der Waals surface area contributed by atoms with Gasteiger partial charge in [-0.3, -0.25) is 9.69 Å². The number of nitrogens with zero attached hydrogens (tertiary/aromatic N) is 2. The van der Waals surface area contributed by atoms with Gasteiger partial charge in [0.25, 0.3) is 0 Å². The van der Waals surface area contributed by atoms with Crippen LogP contribution in [0.1, 0.15) is 26.2 Å². The number of benzene rings is 1. The standard InChI is InChI=1S/C16H22N2OS/c1-13-8-11-18(14-6-2-3-7-15(14)20-13)16(19)12-17-9-4-5-10-17/h2-3,6-7,13H,4-5,8-12H2,1H3/t13-/m1/s1. The molecule has 0 N–H and O–H groups in total. The second-order valence-corrected chi connectivity index (χ2v) is 7.19. The van der Waals surface area contributed by atoms with Crippen molar-refractivity contribution in [3.8, 4) is 0 Å². The predicted octanol–water partition coefficient (Wildman–Crippen LogP) is 3.00. The highest BCUT2D eigenvalue weighted by Crippen LogP contribution is 2.37. The van der Waals surface area contributed by atoms with E-state index in [1.54, 1.807) is 0 Å². The van der Waals surface area contributed by atoms with Crippen LogP contribution in [0.4, 0.5) is 5.69 Å². The predicted molar refractivity (Wildman–Crippen MR) is 84.4 cm³/mol. The number of amides is 1. The quantitative estimate of drug-likeness (QED) is 0.836. The highest BCUT2D eigenvalue weighted by molar-refractivity contribution is 8.00. The van der Waals surface area contributed by atoms with Crippen LogP contribution in [0.5, 0.6) is 0 Å². The molecule has 1 amide bonds. The summed E-state index contributed by atoms with van der Waals surface area (Å²) in [6, 6.07) is 8.32. The molecule has 1 saturated heterocycles. The molecular formula is C16H22N2OS. The number of likely N-dealkylation sites (tertiary alicyclic amines) is 1. The minimum absolute atomic E-state index is 0.258. The monoisotopic (exact) mass is 290 g/mol. The van der Waals surface area contributed by atoms with Crippen LogP contribution in [0.15, 0.2) is 29.2 Å². The van der Waals surface area contributed by atoms with Crippen LogP contribution >= 0.6 is 11.8 Å². The van der Waals surface area contributed by atoms with Crippen molar-refractivity contribution in [2.75, 3.05) is 31.1 Å². The summed E-state index contributed by atoms with van der Waals surface area (Å²) in [5.41, 5.74) is 1.10. The second kappa shape index (κ2) is 6.19. The van der Waals surface area contributed by atoms with E-state index < -0.39 is 0 Å². The fourth-order valence-corrected chi connectivity index (χ4v) is 4.08. The zero-order chi connectivity index (χ0) is 13.9. The van der Waals surface area contributed by atoms with E-state index in [2.05, 4.69) is 30.0 Å². The summed E-state index contributed by atoms with van der Waals surface area (Å²) in [7, 11) is 0. The lowest BCUT2D eigenvalue weighted by molar-refractivity contribution is -0.119. The Bertz CT molecular complexity index is 485. The Kier molecular flexibility index (Phi) is 4.32. The van der Waals surface area contributed by atoms with E-state index in [0.717, 1.165) is 31.7 Å². The van der Waals surface area contributed by atoms with Crippen LogP contribution in [-0.4, -0.2) is 42.2 Å². The van der Waals surface area contributed by atoms with Crippen molar-refractivity contribution in [1.29, 1.82) is 0 Å². The van der Waals surface area contributed by atoms with Gasteiger partial charge in [-0.25, -0.2) is 0 Å². The largest absolute Gasteiger partial charge is 0.310 e. The Balaban J connectivity index is 1.79. The average Bonchev–Trinajstić information content (AvgIpc) is 2.87. The fraction of sp³-hybridized carbons (Fsp3) is 0.562. The molecule has 0 aromatic heterocycles. The molecule has 0 unspecified atom stereocenters. The van der Waals surface area contributed by atoms with E-state index in [1.807, 2.05) is 22.7 Å². The van der Waals surface area contributed by atoms with Gasteiger partial charge in [0.05, 0.1) is 12.2 Å². The Morgan fingerprint density at radius 2 is 2.00 bits per heavy atom. The highest BCUT2D eigenvalue weighted by atomic mass is 32.2. The summed E-state index contributed by atoms with van der Waals surface area (Å²) < 4.78 is 0. The maximum atomic E-state index is 12.7. The number of rotatable bonds is 2. The average molecular weight is 290 g/mol. The molecule has 0 bridgehead atoms. The Morgan fingerprint density at radius 3 is 2.80 bits per heavy atom. The molecule has 2 aliphatic rings. The molecule has 1 atom stereocenters. The third-order valence-electron chi connectivity index (χ3n) is 4.10. The zero-order valence-electron chi connectivity index (χ0n) is 12.0. The first-order valence-corrected chi connectivity index (χ1v) is 8.40. The third kappa shape index (κ3) is 3.01. The van der Waals surface area contributed by atoms with Crippen LogP contribution in [0, 0.1) is 0 Å². The van der Waals surface area contributed by atoms with Crippen LogP contribution < -0.4 is 4.90 Å². The summed E-state index contributed by atoms with van der Waals surface area (Å²) in [5, 5.41) is 0.570. The first kappa shape index (κ1) is 14.0. The minimum Gasteiger partial charge on any atom is -0.310 e.